The van der Waals surface area contributed by atoms with Gasteiger partial charge in [-0.2, -0.15) is 0 Å². The minimum atomic E-state index is -0.641. The van der Waals surface area contributed by atoms with E-state index in [2.05, 4.69) is 10.3 Å². The van der Waals surface area contributed by atoms with E-state index in [0.29, 0.717) is 5.56 Å². The Hall–Kier alpha value is -2.89. The van der Waals surface area contributed by atoms with Crippen LogP contribution in [0.4, 0.5) is 4.79 Å². The van der Waals surface area contributed by atoms with Crippen molar-refractivity contribution >= 4 is 12.1 Å². The molecule has 0 saturated heterocycles. The van der Waals surface area contributed by atoms with Crippen molar-refractivity contribution < 1.29 is 19.1 Å². The maximum Gasteiger partial charge on any atom is 0.408 e. The van der Waals surface area contributed by atoms with Crippen molar-refractivity contribution in [3.8, 4) is 11.1 Å². The summed E-state index contributed by atoms with van der Waals surface area (Å²) in [4.78, 5) is 28.5. The van der Waals surface area contributed by atoms with Crippen LogP contribution in [0, 0.1) is 13.8 Å². The van der Waals surface area contributed by atoms with Gasteiger partial charge in [-0.1, -0.05) is 18.2 Å². The predicted molar refractivity (Wildman–Crippen MR) is 108 cm³/mol. The Morgan fingerprint density at radius 2 is 1.79 bits per heavy atom. The Morgan fingerprint density at radius 1 is 1.14 bits per heavy atom. The number of benzene rings is 1. The SMILES string of the molecule is COC(=O)CC(NC(=O)OC(C)(C)C)c1cncc(-c2c(C)cccc2C)c1. The van der Waals surface area contributed by atoms with Gasteiger partial charge < -0.3 is 14.8 Å². The summed E-state index contributed by atoms with van der Waals surface area (Å²) in [5.41, 5.74) is 4.33. The number of alkyl carbamates (subject to hydrolysis) is 1. The second kappa shape index (κ2) is 8.87. The van der Waals surface area contributed by atoms with E-state index in [-0.39, 0.29) is 6.42 Å². The van der Waals surface area contributed by atoms with Gasteiger partial charge in [0, 0.05) is 18.0 Å². The molecule has 1 heterocycles. The summed E-state index contributed by atoms with van der Waals surface area (Å²) in [6.45, 7) is 9.43. The van der Waals surface area contributed by atoms with Gasteiger partial charge in [0.1, 0.15) is 5.60 Å². The smallest absolute Gasteiger partial charge is 0.408 e. The van der Waals surface area contributed by atoms with E-state index in [1.165, 1.54) is 7.11 Å². The first-order valence-electron chi connectivity index (χ1n) is 9.18. The topological polar surface area (TPSA) is 77.5 Å². The average Bonchev–Trinajstić information content (AvgIpc) is 2.59. The monoisotopic (exact) mass is 384 g/mol. The third kappa shape index (κ3) is 5.81. The summed E-state index contributed by atoms with van der Waals surface area (Å²) in [5, 5.41) is 2.76. The maximum atomic E-state index is 12.3. The fourth-order valence-corrected chi connectivity index (χ4v) is 3.01. The standard InChI is InChI=1S/C22H28N2O4/c1-14-8-7-9-15(2)20(14)17-10-16(12-23-13-17)18(11-19(25)27-6)24-21(26)28-22(3,4)5/h7-10,12-13,18H,11H2,1-6H3,(H,24,26). The van der Waals surface area contributed by atoms with Crippen molar-refractivity contribution in [3.05, 3.63) is 53.3 Å². The molecule has 1 unspecified atom stereocenters. The Balaban J connectivity index is 2.38. The van der Waals surface area contributed by atoms with Crippen LogP contribution in [-0.4, -0.2) is 29.8 Å². The van der Waals surface area contributed by atoms with E-state index in [1.807, 2.05) is 38.1 Å². The lowest BCUT2D eigenvalue weighted by atomic mass is 9.94. The number of nitrogens with zero attached hydrogens (tertiary/aromatic N) is 1. The number of pyridine rings is 1. The van der Waals surface area contributed by atoms with Crippen LogP contribution in [-0.2, 0) is 14.3 Å². The Labute approximate surface area is 166 Å². The number of methoxy groups -OCH3 is 1. The zero-order valence-electron chi connectivity index (χ0n) is 17.3. The van der Waals surface area contributed by atoms with Gasteiger partial charge in [0.2, 0.25) is 0 Å². The van der Waals surface area contributed by atoms with Gasteiger partial charge in [-0.25, -0.2) is 4.79 Å². The van der Waals surface area contributed by atoms with Crippen LogP contribution >= 0.6 is 0 Å². The van der Waals surface area contributed by atoms with E-state index >= 15 is 0 Å². The fourth-order valence-electron chi connectivity index (χ4n) is 3.01. The molecule has 1 atom stereocenters. The lowest BCUT2D eigenvalue weighted by Crippen LogP contribution is -2.36. The highest BCUT2D eigenvalue weighted by Gasteiger charge is 2.23. The highest BCUT2D eigenvalue weighted by atomic mass is 16.6. The fraction of sp³-hybridized carbons (Fsp3) is 0.409. The lowest BCUT2D eigenvalue weighted by molar-refractivity contribution is -0.141. The number of carbonyl (C=O) groups is 2. The van der Waals surface area contributed by atoms with Crippen LogP contribution in [0.25, 0.3) is 11.1 Å². The molecule has 6 nitrogen and oxygen atoms in total. The first kappa shape index (κ1) is 21.4. The number of rotatable bonds is 5. The molecule has 150 valence electrons. The molecule has 1 N–H and O–H groups in total. The average molecular weight is 384 g/mol. The lowest BCUT2D eigenvalue weighted by Gasteiger charge is -2.23. The quantitative estimate of drug-likeness (QED) is 0.768. The third-order valence-electron chi connectivity index (χ3n) is 4.22. The first-order chi connectivity index (χ1) is 13.1. The molecule has 6 heteroatoms. The van der Waals surface area contributed by atoms with Crippen molar-refractivity contribution in [1.29, 1.82) is 0 Å². The summed E-state index contributed by atoms with van der Waals surface area (Å²) < 4.78 is 10.1. The molecule has 0 fully saturated rings. The summed E-state index contributed by atoms with van der Waals surface area (Å²) in [6.07, 6.45) is 2.80. The Morgan fingerprint density at radius 3 is 2.36 bits per heavy atom. The molecule has 1 aromatic carbocycles. The van der Waals surface area contributed by atoms with Crippen molar-refractivity contribution in [2.75, 3.05) is 7.11 Å². The number of esters is 1. The third-order valence-corrected chi connectivity index (χ3v) is 4.22. The largest absolute Gasteiger partial charge is 0.469 e. The number of ether oxygens (including phenoxy) is 2. The normalized spacial score (nSPS) is 12.2. The van der Waals surface area contributed by atoms with Crippen molar-refractivity contribution in [2.45, 2.75) is 52.7 Å². The van der Waals surface area contributed by atoms with Gasteiger partial charge in [-0.15, -0.1) is 0 Å². The number of amides is 1. The van der Waals surface area contributed by atoms with Gasteiger partial charge in [0.25, 0.3) is 0 Å². The number of carbonyl (C=O) groups excluding carboxylic acids is 2. The van der Waals surface area contributed by atoms with Crippen LogP contribution < -0.4 is 5.32 Å². The summed E-state index contributed by atoms with van der Waals surface area (Å²) >= 11 is 0. The second-order valence-electron chi connectivity index (χ2n) is 7.75. The van der Waals surface area contributed by atoms with Crippen molar-refractivity contribution in [3.63, 3.8) is 0 Å². The van der Waals surface area contributed by atoms with Crippen LogP contribution in [0.3, 0.4) is 0 Å². The van der Waals surface area contributed by atoms with Crippen molar-refractivity contribution in [2.24, 2.45) is 0 Å². The van der Waals surface area contributed by atoms with Gasteiger partial charge in [-0.05, 0) is 62.9 Å². The van der Waals surface area contributed by atoms with E-state index < -0.39 is 23.7 Å². The molecule has 1 aromatic heterocycles. The molecule has 28 heavy (non-hydrogen) atoms. The van der Waals surface area contributed by atoms with Gasteiger partial charge >= 0.3 is 12.1 Å². The number of nitrogens with one attached hydrogen (secondary N) is 1. The molecule has 0 saturated carbocycles. The highest BCUT2D eigenvalue weighted by molar-refractivity contribution is 5.74. The number of hydrogen-bond donors (Lipinski definition) is 1. The summed E-state index contributed by atoms with van der Waals surface area (Å²) in [7, 11) is 1.32. The number of aryl methyl sites for hydroxylation is 2. The molecular formula is C22H28N2O4. The summed E-state index contributed by atoms with van der Waals surface area (Å²) in [5.74, 6) is -0.432. The zero-order valence-corrected chi connectivity index (χ0v) is 17.3. The van der Waals surface area contributed by atoms with Crippen LogP contribution in [0.5, 0.6) is 0 Å². The number of aromatic nitrogens is 1. The molecule has 2 aromatic rings. The molecule has 0 aliphatic rings. The zero-order chi connectivity index (χ0) is 20.9. The molecule has 0 radical (unpaired) electrons. The van der Waals surface area contributed by atoms with Crippen molar-refractivity contribution in [1.82, 2.24) is 10.3 Å². The molecular weight excluding hydrogens is 356 g/mol. The molecule has 0 aliphatic heterocycles. The molecule has 0 spiro atoms. The first-order valence-corrected chi connectivity index (χ1v) is 9.18. The molecule has 0 aliphatic carbocycles. The summed E-state index contributed by atoms with van der Waals surface area (Å²) in [6, 6.07) is 7.42. The Bertz CT molecular complexity index is 836. The maximum absolute atomic E-state index is 12.3. The second-order valence-corrected chi connectivity index (χ2v) is 7.75. The Kier molecular flexibility index (Phi) is 6.78. The molecule has 0 bridgehead atoms. The molecule has 2 rings (SSSR count). The molecule has 1 amide bonds. The minimum absolute atomic E-state index is 0.0202. The van der Waals surface area contributed by atoms with E-state index in [4.69, 9.17) is 9.47 Å². The van der Waals surface area contributed by atoms with E-state index in [0.717, 1.165) is 22.3 Å². The van der Waals surface area contributed by atoms with Gasteiger partial charge in [-0.3, -0.25) is 9.78 Å². The number of hydrogen-bond acceptors (Lipinski definition) is 5. The van der Waals surface area contributed by atoms with Crippen LogP contribution in [0.15, 0.2) is 36.7 Å². The highest BCUT2D eigenvalue weighted by Crippen LogP contribution is 2.29. The van der Waals surface area contributed by atoms with Gasteiger partial charge in [0.15, 0.2) is 0 Å². The van der Waals surface area contributed by atoms with Gasteiger partial charge in [0.05, 0.1) is 19.6 Å². The van der Waals surface area contributed by atoms with E-state index in [1.54, 1.807) is 33.2 Å². The van der Waals surface area contributed by atoms with E-state index in [9.17, 15) is 9.59 Å². The minimum Gasteiger partial charge on any atom is -0.469 e. The van der Waals surface area contributed by atoms with Crippen LogP contribution in [0.2, 0.25) is 0 Å². The predicted octanol–water partition coefficient (Wildman–Crippen LogP) is 4.49. The van der Waals surface area contributed by atoms with Crippen LogP contribution in [0.1, 0.15) is 49.9 Å².